The SMILES string of the molecule is Cc1cc(OCC(=O)N[C@@H](CC(N)=O)C(=O)O)ccc1Cl. The van der Waals surface area contributed by atoms with Crippen molar-refractivity contribution in [2.24, 2.45) is 5.73 Å². The highest BCUT2D eigenvalue weighted by Gasteiger charge is 2.22. The molecule has 0 aromatic heterocycles. The fourth-order valence-corrected chi connectivity index (χ4v) is 1.61. The molecule has 0 spiro atoms. The Kier molecular flexibility index (Phi) is 5.98. The lowest BCUT2D eigenvalue weighted by Crippen LogP contribution is -2.45. The van der Waals surface area contributed by atoms with Gasteiger partial charge in [0.1, 0.15) is 11.8 Å². The zero-order chi connectivity index (χ0) is 16.0. The van der Waals surface area contributed by atoms with E-state index in [4.69, 9.17) is 27.2 Å². The molecule has 7 nitrogen and oxygen atoms in total. The molecule has 0 unspecified atom stereocenters. The third-order valence-electron chi connectivity index (χ3n) is 2.54. The number of hydrogen-bond donors (Lipinski definition) is 3. The standard InChI is InChI=1S/C13H15ClN2O5/c1-7-4-8(2-3-9(7)14)21-6-12(18)16-10(13(19)20)5-11(15)17/h2-4,10H,5-6H2,1H3,(H2,15,17)(H,16,18)(H,19,20)/t10-/m0/s1. The molecule has 114 valence electrons. The molecule has 0 heterocycles. The van der Waals surface area contributed by atoms with E-state index in [9.17, 15) is 14.4 Å². The Morgan fingerprint density at radius 1 is 1.43 bits per heavy atom. The van der Waals surface area contributed by atoms with Crippen LogP contribution in [0, 0.1) is 6.92 Å². The predicted molar refractivity (Wildman–Crippen MR) is 75.1 cm³/mol. The van der Waals surface area contributed by atoms with Crippen LogP contribution in [-0.2, 0) is 14.4 Å². The average Bonchev–Trinajstić information content (AvgIpc) is 2.38. The summed E-state index contributed by atoms with van der Waals surface area (Å²) in [6.07, 6.45) is -0.485. The summed E-state index contributed by atoms with van der Waals surface area (Å²) >= 11 is 5.85. The van der Waals surface area contributed by atoms with Gasteiger partial charge in [-0.2, -0.15) is 0 Å². The van der Waals surface area contributed by atoms with Gasteiger partial charge in [0, 0.05) is 5.02 Å². The van der Waals surface area contributed by atoms with E-state index in [2.05, 4.69) is 5.32 Å². The second-order valence-corrected chi connectivity index (χ2v) is 4.74. The third-order valence-corrected chi connectivity index (χ3v) is 2.96. The van der Waals surface area contributed by atoms with Gasteiger partial charge in [-0.15, -0.1) is 0 Å². The molecule has 2 amide bonds. The molecular weight excluding hydrogens is 300 g/mol. The van der Waals surface area contributed by atoms with Crippen LogP contribution in [0.2, 0.25) is 5.02 Å². The second kappa shape index (κ2) is 7.49. The minimum Gasteiger partial charge on any atom is -0.484 e. The number of carbonyl (C=O) groups is 3. The van der Waals surface area contributed by atoms with Gasteiger partial charge >= 0.3 is 5.97 Å². The van der Waals surface area contributed by atoms with Crippen molar-refractivity contribution in [3.63, 3.8) is 0 Å². The Hall–Kier alpha value is -2.28. The lowest BCUT2D eigenvalue weighted by atomic mass is 10.2. The van der Waals surface area contributed by atoms with E-state index in [0.717, 1.165) is 5.56 Å². The van der Waals surface area contributed by atoms with Crippen LogP contribution in [0.3, 0.4) is 0 Å². The van der Waals surface area contributed by atoms with Gasteiger partial charge in [-0.3, -0.25) is 9.59 Å². The zero-order valence-corrected chi connectivity index (χ0v) is 12.0. The zero-order valence-electron chi connectivity index (χ0n) is 11.3. The number of ether oxygens (including phenoxy) is 1. The molecule has 1 aromatic carbocycles. The van der Waals surface area contributed by atoms with Gasteiger partial charge in [0.05, 0.1) is 6.42 Å². The van der Waals surface area contributed by atoms with Crippen LogP contribution < -0.4 is 15.8 Å². The minimum absolute atomic E-state index is 0.385. The molecule has 1 rings (SSSR count). The monoisotopic (exact) mass is 314 g/mol. The van der Waals surface area contributed by atoms with E-state index in [1.807, 2.05) is 0 Å². The molecule has 8 heteroatoms. The largest absolute Gasteiger partial charge is 0.484 e. The number of amides is 2. The van der Waals surface area contributed by atoms with Crippen LogP contribution in [0.25, 0.3) is 0 Å². The van der Waals surface area contributed by atoms with E-state index in [-0.39, 0.29) is 6.61 Å². The Morgan fingerprint density at radius 2 is 2.10 bits per heavy atom. The van der Waals surface area contributed by atoms with Gasteiger partial charge in [-0.1, -0.05) is 11.6 Å². The molecule has 4 N–H and O–H groups in total. The molecule has 0 saturated heterocycles. The van der Waals surface area contributed by atoms with Crippen molar-refractivity contribution >= 4 is 29.4 Å². The fraction of sp³-hybridized carbons (Fsp3) is 0.308. The molecule has 0 aliphatic carbocycles. The number of benzene rings is 1. The highest BCUT2D eigenvalue weighted by molar-refractivity contribution is 6.31. The summed E-state index contributed by atoms with van der Waals surface area (Å²) in [6.45, 7) is 1.40. The number of nitrogens with two attached hydrogens (primary N) is 1. The van der Waals surface area contributed by atoms with E-state index >= 15 is 0 Å². The van der Waals surface area contributed by atoms with Gasteiger partial charge in [-0.25, -0.2) is 4.79 Å². The Balaban J connectivity index is 2.54. The van der Waals surface area contributed by atoms with Crippen molar-refractivity contribution in [2.75, 3.05) is 6.61 Å². The van der Waals surface area contributed by atoms with Crippen molar-refractivity contribution in [2.45, 2.75) is 19.4 Å². The summed E-state index contributed by atoms with van der Waals surface area (Å²) in [6, 6.07) is 3.48. The number of halogens is 1. The quantitative estimate of drug-likeness (QED) is 0.676. The summed E-state index contributed by atoms with van der Waals surface area (Å²) in [7, 11) is 0. The lowest BCUT2D eigenvalue weighted by molar-refractivity contribution is -0.143. The average molecular weight is 315 g/mol. The second-order valence-electron chi connectivity index (χ2n) is 4.33. The van der Waals surface area contributed by atoms with Crippen LogP contribution in [-0.4, -0.2) is 35.5 Å². The number of rotatable bonds is 7. The number of carbonyl (C=O) groups excluding carboxylic acids is 2. The first-order chi connectivity index (χ1) is 9.79. The first-order valence-electron chi connectivity index (χ1n) is 5.99. The van der Waals surface area contributed by atoms with Crippen LogP contribution in [0.15, 0.2) is 18.2 Å². The summed E-state index contributed by atoms with van der Waals surface area (Å²) in [4.78, 5) is 33.1. The van der Waals surface area contributed by atoms with Crippen LogP contribution in [0.4, 0.5) is 0 Å². The van der Waals surface area contributed by atoms with E-state index < -0.39 is 30.2 Å². The van der Waals surface area contributed by atoms with Crippen LogP contribution >= 0.6 is 11.6 Å². The van der Waals surface area contributed by atoms with Crippen LogP contribution in [0.5, 0.6) is 5.75 Å². The smallest absolute Gasteiger partial charge is 0.326 e. The lowest BCUT2D eigenvalue weighted by Gasteiger charge is -2.13. The van der Waals surface area contributed by atoms with E-state index in [1.165, 1.54) is 0 Å². The first-order valence-corrected chi connectivity index (χ1v) is 6.37. The normalized spacial score (nSPS) is 11.5. The fourth-order valence-electron chi connectivity index (χ4n) is 1.49. The molecular formula is C13H15ClN2O5. The van der Waals surface area contributed by atoms with Gasteiger partial charge in [0.25, 0.3) is 5.91 Å². The number of carboxylic acids is 1. The number of aryl methyl sites for hydroxylation is 1. The topological polar surface area (TPSA) is 119 Å². The summed E-state index contributed by atoms with van der Waals surface area (Å²) in [5.74, 6) is -2.41. The summed E-state index contributed by atoms with van der Waals surface area (Å²) in [5.41, 5.74) is 5.69. The highest BCUT2D eigenvalue weighted by atomic mass is 35.5. The number of hydrogen-bond acceptors (Lipinski definition) is 4. The molecule has 0 aliphatic rings. The third kappa shape index (κ3) is 5.70. The van der Waals surface area contributed by atoms with Gasteiger partial charge in [0.2, 0.25) is 5.91 Å². The Morgan fingerprint density at radius 3 is 2.62 bits per heavy atom. The summed E-state index contributed by atoms with van der Waals surface area (Å²) < 4.78 is 5.21. The highest BCUT2D eigenvalue weighted by Crippen LogP contribution is 2.20. The van der Waals surface area contributed by atoms with Gasteiger partial charge in [-0.05, 0) is 30.7 Å². The Labute approximate surface area is 126 Å². The number of aliphatic carboxylic acids is 1. The van der Waals surface area contributed by atoms with E-state index in [1.54, 1.807) is 25.1 Å². The minimum atomic E-state index is -1.37. The van der Waals surface area contributed by atoms with Crippen molar-refractivity contribution in [1.82, 2.24) is 5.32 Å². The molecule has 1 atom stereocenters. The van der Waals surface area contributed by atoms with Crippen LogP contribution in [0.1, 0.15) is 12.0 Å². The first kappa shape index (κ1) is 16.8. The maximum Gasteiger partial charge on any atom is 0.326 e. The number of nitrogens with one attached hydrogen (secondary N) is 1. The van der Waals surface area contributed by atoms with Crippen molar-refractivity contribution in [3.05, 3.63) is 28.8 Å². The predicted octanol–water partition coefficient (Wildman–Crippen LogP) is 0.472. The molecule has 21 heavy (non-hydrogen) atoms. The molecule has 0 radical (unpaired) electrons. The van der Waals surface area contributed by atoms with Gasteiger partial charge < -0.3 is 20.9 Å². The maximum atomic E-state index is 11.6. The molecule has 0 bridgehead atoms. The number of carboxylic acid groups (broad SMARTS) is 1. The van der Waals surface area contributed by atoms with E-state index in [0.29, 0.717) is 10.8 Å². The van der Waals surface area contributed by atoms with Crippen molar-refractivity contribution in [3.8, 4) is 5.75 Å². The molecule has 0 aliphatic heterocycles. The molecule has 0 fully saturated rings. The van der Waals surface area contributed by atoms with Crippen molar-refractivity contribution in [1.29, 1.82) is 0 Å². The molecule has 1 aromatic rings. The maximum absolute atomic E-state index is 11.6. The Bertz CT molecular complexity index is 561. The summed E-state index contributed by atoms with van der Waals surface area (Å²) in [5, 5.41) is 11.6. The van der Waals surface area contributed by atoms with Gasteiger partial charge in [0.15, 0.2) is 6.61 Å². The molecule has 0 saturated carbocycles. The van der Waals surface area contributed by atoms with Crippen molar-refractivity contribution < 1.29 is 24.2 Å². The number of primary amides is 1.